The van der Waals surface area contributed by atoms with Gasteiger partial charge >= 0.3 is 7.41 Å². The van der Waals surface area contributed by atoms with Crippen molar-refractivity contribution in [3.05, 3.63) is 35.9 Å². The lowest BCUT2D eigenvalue weighted by molar-refractivity contribution is 0.0655. The Balaban J connectivity index is 1.70. The van der Waals surface area contributed by atoms with Crippen LogP contribution in [0.2, 0.25) is 0 Å². The van der Waals surface area contributed by atoms with Gasteiger partial charge < -0.3 is 14.3 Å². The van der Waals surface area contributed by atoms with Gasteiger partial charge in [-0.3, -0.25) is 9.69 Å². The van der Waals surface area contributed by atoms with Gasteiger partial charge in [-0.2, -0.15) is 0 Å². The maximum absolute atomic E-state index is 12.1. The smallest absolute Gasteiger partial charge is 0.341 e. The number of rotatable bonds is 10. The number of nitrogens with zero attached hydrogens (tertiary/aromatic N) is 2. The molecule has 26 heavy (non-hydrogen) atoms. The number of unbranched alkanes of at least 4 members (excludes halogenated alkanes) is 1. The molecule has 0 spiro atoms. The lowest BCUT2D eigenvalue weighted by Gasteiger charge is -2.44. The van der Waals surface area contributed by atoms with Crippen molar-refractivity contribution in [2.45, 2.75) is 52.2 Å². The molecule has 1 aliphatic rings. The maximum Gasteiger partial charge on any atom is 0.341 e. The molecule has 1 fully saturated rings. The summed E-state index contributed by atoms with van der Waals surface area (Å²) in [6.45, 7) is 10.9. The second-order valence-corrected chi connectivity index (χ2v) is 7.24. The summed E-state index contributed by atoms with van der Waals surface area (Å²) in [5.41, 5.74) is 1.34. The van der Waals surface area contributed by atoms with Gasteiger partial charge in [0.25, 0.3) is 5.87 Å². The van der Waals surface area contributed by atoms with Crippen LogP contribution < -0.4 is 0 Å². The van der Waals surface area contributed by atoms with Gasteiger partial charge in [0, 0.05) is 38.3 Å². The lowest BCUT2D eigenvalue weighted by atomic mass is 9.88. The highest BCUT2D eigenvalue weighted by Gasteiger charge is 2.31. The molecule has 1 aromatic carbocycles. The van der Waals surface area contributed by atoms with Crippen LogP contribution >= 0.6 is 0 Å². The average Bonchev–Trinajstić information content (AvgIpc) is 2.62. The molecule has 2 atom stereocenters. The zero-order valence-corrected chi connectivity index (χ0v) is 16.5. The fourth-order valence-electron chi connectivity index (χ4n) is 3.49. The summed E-state index contributed by atoms with van der Waals surface area (Å²) in [7, 11) is 0.364. The molecule has 5 nitrogen and oxygen atoms in total. The first kappa shape index (κ1) is 20.9. The van der Waals surface area contributed by atoms with E-state index in [-0.39, 0.29) is 5.87 Å². The Labute approximate surface area is 158 Å². The van der Waals surface area contributed by atoms with Crippen LogP contribution in [0.3, 0.4) is 0 Å². The highest BCUT2D eigenvalue weighted by Crippen LogP contribution is 2.18. The highest BCUT2D eigenvalue weighted by molar-refractivity contribution is 6.69. The van der Waals surface area contributed by atoms with Crippen LogP contribution in [0.1, 0.15) is 39.2 Å². The summed E-state index contributed by atoms with van der Waals surface area (Å²) in [6, 6.07) is 11.4. The first-order valence-electron chi connectivity index (χ1n) is 9.85. The predicted octanol–water partition coefficient (Wildman–Crippen LogP) is 2.89. The summed E-state index contributed by atoms with van der Waals surface area (Å²) in [5.74, 6) is -0.153. The Hall–Kier alpha value is -1.37. The molecule has 0 bridgehead atoms. The Bertz CT molecular complexity index is 517. The molecule has 0 aliphatic carbocycles. The van der Waals surface area contributed by atoms with Crippen molar-refractivity contribution in [2.75, 3.05) is 32.9 Å². The monoisotopic (exact) mass is 360 g/mol. The lowest BCUT2D eigenvalue weighted by Crippen LogP contribution is -2.57. The van der Waals surface area contributed by atoms with Gasteiger partial charge in [-0.15, -0.1) is 0 Å². The molecule has 1 heterocycles. The summed E-state index contributed by atoms with van der Waals surface area (Å²) < 4.78 is 10.7. The van der Waals surface area contributed by atoms with Crippen molar-refractivity contribution in [2.24, 2.45) is 0 Å². The Morgan fingerprint density at radius 2 is 1.81 bits per heavy atom. The molecule has 0 N–H and O–H groups in total. The van der Waals surface area contributed by atoms with E-state index in [1.165, 1.54) is 5.56 Å². The van der Waals surface area contributed by atoms with E-state index in [0.717, 1.165) is 39.1 Å². The van der Waals surface area contributed by atoms with Gasteiger partial charge in [0.15, 0.2) is 0 Å². The van der Waals surface area contributed by atoms with Crippen LogP contribution in [0.15, 0.2) is 30.3 Å². The average molecular weight is 360 g/mol. The molecule has 1 aliphatic heterocycles. The molecule has 0 radical (unpaired) electrons. The van der Waals surface area contributed by atoms with Crippen molar-refractivity contribution < 1.29 is 14.3 Å². The summed E-state index contributed by atoms with van der Waals surface area (Å²) in [5, 5.41) is 0. The molecule has 0 amide bonds. The molecular formula is C20H33BN2O3. The van der Waals surface area contributed by atoms with Crippen molar-refractivity contribution in [1.29, 1.82) is 0 Å². The highest BCUT2D eigenvalue weighted by atomic mass is 16.6. The number of carbonyl (C=O) groups is 1. The van der Waals surface area contributed by atoms with Crippen LogP contribution in [-0.2, 0) is 16.0 Å². The number of carbonyl (C=O) groups excluding carboxylic acids is 1. The van der Waals surface area contributed by atoms with Gasteiger partial charge in [0.05, 0.1) is 6.61 Å². The minimum absolute atomic E-state index is 0.153. The van der Waals surface area contributed by atoms with Gasteiger partial charge in [-0.05, 0) is 25.8 Å². The summed E-state index contributed by atoms with van der Waals surface area (Å²) in [6.07, 6.45) is 2.17. The van der Waals surface area contributed by atoms with Gasteiger partial charge in [-0.1, -0.05) is 43.7 Å². The van der Waals surface area contributed by atoms with Crippen LogP contribution in [0.25, 0.3) is 0 Å². The number of hydrogen-bond donors (Lipinski definition) is 0. The number of benzene rings is 1. The molecule has 2 rings (SSSR count). The third-order valence-corrected chi connectivity index (χ3v) is 4.87. The van der Waals surface area contributed by atoms with Crippen LogP contribution in [0, 0.1) is 0 Å². The SMILES string of the molecule is CCCCOCCOC(=O)BN1C[C@@H](C)N(Cc2ccccc2)[C@@H](C)C1. The third kappa shape index (κ3) is 7.10. The predicted molar refractivity (Wildman–Crippen MR) is 107 cm³/mol. The minimum Gasteiger partial charge on any atom is -0.470 e. The Kier molecular flexibility index (Phi) is 9.16. The fraction of sp³-hybridized carbons (Fsp3) is 0.650. The standard InChI is InChI=1S/C20H33BN2O3/c1-4-5-11-25-12-13-26-20(24)21-22-14-17(2)23(18(3)15-22)16-19-9-7-6-8-10-19/h6-10,17-18,21H,4-5,11-16H2,1-3H3/t17-,18+. The van der Waals surface area contributed by atoms with Crippen molar-refractivity contribution in [1.82, 2.24) is 9.71 Å². The molecule has 0 aromatic heterocycles. The van der Waals surface area contributed by atoms with E-state index in [0.29, 0.717) is 32.7 Å². The molecule has 0 saturated carbocycles. The van der Waals surface area contributed by atoms with E-state index in [1.54, 1.807) is 0 Å². The fourth-order valence-corrected chi connectivity index (χ4v) is 3.49. The minimum atomic E-state index is -0.153. The molecule has 0 unspecified atom stereocenters. The second kappa shape index (κ2) is 11.4. The van der Waals surface area contributed by atoms with E-state index >= 15 is 0 Å². The Morgan fingerprint density at radius 3 is 2.46 bits per heavy atom. The first-order valence-corrected chi connectivity index (χ1v) is 9.85. The molecule has 144 valence electrons. The molecule has 1 saturated heterocycles. The number of ether oxygens (including phenoxy) is 2. The van der Waals surface area contributed by atoms with Crippen molar-refractivity contribution in [3.63, 3.8) is 0 Å². The van der Waals surface area contributed by atoms with Gasteiger partial charge in [0.2, 0.25) is 0 Å². The van der Waals surface area contributed by atoms with Gasteiger partial charge in [-0.25, -0.2) is 0 Å². The van der Waals surface area contributed by atoms with E-state index in [1.807, 2.05) is 0 Å². The first-order chi connectivity index (χ1) is 12.6. The molecule has 6 heteroatoms. The van der Waals surface area contributed by atoms with Crippen molar-refractivity contribution in [3.8, 4) is 0 Å². The largest absolute Gasteiger partial charge is 0.470 e. The van der Waals surface area contributed by atoms with E-state index in [2.05, 4.69) is 60.8 Å². The number of piperazine rings is 1. The van der Waals surface area contributed by atoms with E-state index < -0.39 is 0 Å². The molecule has 1 aromatic rings. The maximum atomic E-state index is 12.1. The Morgan fingerprint density at radius 1 is 1.12 bits per heavy atom. The van der Waals surface area contributed by atoms with Crippen LogP contribution in [-0.4, -0.2) is 68.0 Å². The van der Waals surface area contributed by atoms with Crippen molar-refractivity contribution >= 4 is 13.3 Å². The topological polar surface area (TPSA) is 42.0 Å². The van der Waals surface area contributed by atoms with E-state index in [4.69, 9.17) is 9.47 Å². The summed E-state index contributed by atoms with van der Waals surface area (Å²) >= 11 is 0. The van der Waals surface area contributed by atoms with Crippen LogP contribution in [0.5, 0.6) is 0 Å². The van der Waals surface area contributed by atoms with E-state index in [9.17, 15) is 4.79 Å². The second-order valence-electron chi connectivity index (χ2n) is 7.24. The number of hydrogen-bond acceptors (Lipinski definition) is 5. The quantitative estimate of drug-likeness (QED) is 0.474. The zero-order valence-electron chi connectivity index (χ0n) is 16.5. The van der Waals surface area contributed by atoms with Gasteiger partial charge in [0.1, 0.15) is 6.61 Å². The normalized spacial score (nSPS) is 21.5. The third-order valence-electron chi connectivity index (χ3n) is 4.87. The zero-order chi connectivity index (χ0) is 18.8. The summed E-state index contributed by atoms with van der Waals surface area (Å²) in [4.78, 5) is 16.8. The van der Waals surface area contributed by atoms with Crippen LogP contribution in [0.4, 0.5) is 4.79 Å². The molecular weight excluding hydrogens is 327 g/mol.